The molecule has 0 aromatic heterocycles. The van der Waals surface area contributed by atoms with Crippen LogP contribution in [0.25, 0.3) is 0 Å². The van der Waals surface area contributed by atoms with Crippen LogP contribution in [0.1, 0.15) is 45.1 Å². The highest BCUT2D eigenvalue weighted by Crippen LogP contribution is 2.60. The molecule has 0 saturated heterocycles. The van der Waals surface area contributed by atoms with E-state index in [4.69, 9.17) is 16.3 Å². The smallest absolute Gasteiger partial charge is 0.122 e. The van der Waals surface area contributed by atoms with Crippen molar-refractivity contribution in [2.75, 3.05) is 20.7 Å². The summed E-state index contributed by atoms with van der Waals surface area (Å²) < 4.78 is 5.58. The minimum atomic E-state index is 0.164. The summed E-state index contributed by atoms with van der Waals surface area (Å²) >= 11 is 6.22. The van der Waals surface area contributed by atoms with Crippen LogP contribution in [-0.2, 0) is 5.41 Å². The van der Waals surface area contributed by atoms with Crippen LogP contribution in [0.3, 0.4) is 0 Å². The molecule has 1 aliphatic carbocycles. The maximum atomic E-state index is 6.22. The Morgan fingerprint density at radius 2 is 1.90 bits per heavy atom. The van der Waals surface area contributed by atoms with Gasteiger partial charge in [-0.1, -0.05) is 38.3 Å². The van der Waals surface area contributed by atoms with Gasteiger partial charge in [0.25, 0.3) is 0 Å². The number of hydrogen-bond donors (Lipinski definition) is 1. The zero-order chi connectivity index (χ0) is 14.8. The molecule has 0 radical (unpaired) electrons. The Bertz CT molecular complexity index is 460. The van der Waals surface area contributed by atoms with Crippen molar-refractivity contribution < 1.29 is 4.74 Å². The molecular formula is C17H26ClNO. The van der Waals surface area contributed by atoms with Gasteiger partial charge in [0.1, 0.15) is 5.75 Å². The number of hydrogen-bond acceptors (Lipinski definition) is 2. The molecule has 112 valence electrons. The van der Waals surface area contributed by atoms with Crippen LogP contribution in [0.5, 0.6) is 5.75 Å². The van der Waals surface area contributed by atoms with Gasteiger partial charge in [0.2, 0.25) is 0 Å². The number of likely N-dealkylation sites (N-methyl/N-ethyl adjacent to an activating group) is 1. The Morgan fingerprint density at radius 3 is 2.40 bits per heavy atom. The van der Waals surface area contributed by atoms with Crippen molar-refractivity contribution in [3.8, 4) is 5.75 Å². The molecule has 3 heteroatoms. The first kappa shape index (κ1) is 15.7. The van der Waals surface area contributed by atoms with Crippen LogP contribution >= 0.6 is 11.6 Å². The molecule has 0 unspecified atom stereocenters. The molecule has 1 aromatic carbocycles. The average Bonchev–Trinajstić information content (AvgIpc) is 2.42. The lowest BCUT2D eigenvalue weighted by atomic mass is 9.48. The SMILES string of the molecule is CCC1(CC)CC(CNC)(c2cc(Cl)ccc2OC)C1. The highest BCUT2D eigenvalue weighted by Gasteiger charge is 2.53. The van der Waals surface area contributed by atoms with Crippen LogP contribution in [0, 0.1) is 5.41 Å². The van der Waals surface area contributed by atoms with Gasteiger partial charge in [-0.3, -0.25) is 0 Å². The molecule has 1 saturated carbocycles. The third kappa shape index (κ3) is 2.56. The van der Waals surface area contributed by atoms with E-state index in [0.29, 0.717) is 5.41 Å². The van der Waals surface area contributed by atoms with E-state index >= 15 is 0 Å². The Balaban J connectivity index is 2.38. The Hall–Kier alpha value is -0.730. The fourth-order valence-corrected chi connectivity index (χ4v) is 4.15. The van der Waals surface area contributed by atoms with Crippen molar-refractivity contribution in [2.45, 2.75) is 44.9 Å². The summed E-state index contributed by atoms with van der Waals surface area (Å²) in [6.45, 7) is 5.59. The first-order valence-electron chi connectivity index (χ1n) is 7.53. The van der Waals surface area contributed by atoms with E-state index in [-0.39, 0.29) is 5.41 Å². The molecule has 0 aliphatic heterocycles. The third-order valence-corrected chi connectivity index (χ3v) is 5.41. The Morgan fingerprint density at radius 1 is 1.25 bits per heavy atom. The van der Waals surface area contributed by atoms with Gasteiger partial charge >= 0.3 is 0 Å². The molecule has 1 fully saturated rings. The van der Waals surface area contributed by atoms with Gasteiger partial charge < -0.3 is 10.1 Å². The summed E-state index contributed by atoms with van der Waals surface area (Å²) in [5.74, 6) is 0.963. The summed E-state index contributed by atoms with van der Waals surface area (Å²) in [5, 5.41) is 4.16. The minimum absolute atomic E-state index is 0.164. The highest BCUT2D eigenvalue weighted by atomic mass is 35.5. The van der Waals surface area contributed by atoms with Crippen LogP contribution in [0.2, 0.25) is 5.02 Å². The van der Waals surface area contributed by atoms with E-state index in [1.165, 1.54) is 31.2 Å². The summed E-state index contributed by atoms with van der Waals surface area (Å²) in [7, 11) is 3.77. The molecule has 1 N–H and O–H groups in total. The first-order chi connectivity index (χ1) is 9.54. The van der Waals surface area contributed by atoms with Gasteiger partial charge in [0, 0.05) is 22.5 Å². The van der Waals surface area contributed by atoms with Crippen LogP contribution in [0.15, 0.2) is 18.2 Å². The van der Waals surface area contributed by atoms with E-state index in [1.807, 2.05) is 19.2 Å². The maximum absolute atomic E-state index is 6.22. The van der Waals surface area contributed by atoms with E-state index < -0.39 is 0 Å². The Labute approximate surface area is 127 Å². The minimum Gasteiger partial charge on any atom is -0.496 e. The molecule has 0 atom stereocenters. The average molecular weight is 296 g/mol. The highest BCUT2D eigenvalue weighted by molar-refractivity contribution is 6.30. The van der Waals surface area contributed by atoms with Crippen molar-refractivity contribution in [3.05, 3.63) is 28.8 Å². The summed E-state index contributed by atoms with van der Waals surface area (Å²) in [5.41, 5.74) is 1.92. The van der Waals surface area contributed by atoms with Crippen LogP contribution in [-0.4, -0.2) is 20.7 Å². The lowest BCUT2D eigenvalue weighted by Gasteiger charge is -2.57. The van der Waals surface area contributed by atoms with Gasteiger partial charge in [-0.05, 0) is 43.5 Å². The lowest BCUT2D eigenvalue weighted by molar-refractivity contribution is 0.0127. The number of benzene rings is 1. The zero-order valence-electron chi connectivity index (χ0n) is 13.1. The molecule has 2 nitrogen and oxygen atoms in total. The fourth-order valence-electron chi connectivity index (χ4n) is 3.98. The molecule has 0 heterocycles. The standard InChI is InChI=1S/C17H26ClNO/c1-5-16(6-2)10-17(11-16,12-19-3)14-9-13(18)7-8-15(14)20-4/h7-9,19H,5-6,10-12H2,1-4H3. The zero-order valence-corrected chi connectivity index (χ0v) is 13.8. The monoisotopic (exact) mass is 295 g/mol. The molecule has 0 amide bonds. The van der Waals surface area contributed by atoms with Gasteiger partial charge in [-0.25, -0.2) is 0 Å². The predicted octanol–water partition coefficient (Wildman–Crippen LogP) is 4.41. The summed E-state index contributed by atoms with van der Waals surface area (Å²) in [6.07, 6.45) is 4.92. The molecule has 1 aromatic rings. The second-order valence-electron chi connectivity index (χ2n) is 6.22. The van der Waals surface area contributed by atoms with Gasteiger partial charge in [0.05, 0.1) is 7.11 Å². The molecular weight excluding hydrogens is 270 g/mol. The van der Waals surface area contributed by atoms with E-state index in [0.717, 1.165) is 17.3 Å². The Kier molecular flexibility index (Phi) is 4.66. The second kappa shape index (κ2) is 5.95. The van der Waals surface area contributed by atoms with E-state index in [9.17, 15) is 0 Å². The van der Waals surface area contributed by atoms with Crippen molar-refractivity contribution in [2.24, 2.45) is 5.41 Å². The molecule has 0 spiro atoms. The van der Waals surface area contributed by atoms with E-state index in [2.05, 4.69) is 25.2 Å². The molecule has 1 aliphatic rings. The number of methoxy groups -OCH3 is 1. The largest absolute Gasteiger partial charge is 0.496 e. The van der Waals surface area contributed by atoms with Gasteiger partial charge in [-0.2, -0.15) is 0 Å². The van der Waals surface area contributed by atoms with E-state index in [1.54, 1.807) is 7.11 Å². The fraction of sp³-hybridized carbons (Fsp3) is 0.647. The first-order valence-corrected chi connectivity index (χ1v) is 7.91. The molecule has 2 rings (SSSR count). The van der Waals surface area contributed by atoms with Crippen LogP contribution < -0.4 is 10.1 Å². The third-order valence-electron chi connectivity index (χ3n) is 5.17. The number of rotatable bonds is 6. The van der Waals surface area contributed by atoms with Crippen molar-refractivity contribution in [1.29, 1.82) is 0 Å². The molecule has 0 bridgehead atoms. The summed E-state index contributed by atoms with van der Waals surface area (Å²) in [4.78, 5) is 0. The lowest BCUT2D eigenvalue weighted by Crippen LogP contribution is -2.54. The quantitative estimate of drug-likeness (QED) is 0.839. The van der Waals surface area contributed by atoms with Crippen LogP contribution in [0.4, 0.5) is 0 Å². The van der Waals surface area contributed by atoms with Gasteiger partial charge in [0.15, 0.2) is 0 Å². The molecule has 20 heavy (non-hydrogen) atoms. The topological polar surface area (TPSA) is 21.3 Å². The number of halogens is 1. The predicted molar refractivity (Wildman–Crippen MR) is 85.9 cm³/mol. The van der Waals surface area contributed by atoms with Gasteiger partial charge in [-0.15, -0.1) is 0 Å². The van der Waals surface area contributed by atoms with Crippen molar-refractivity contribution in [1.82, 2.24) is 5.32 Å². The normalized spacial score (nSPS) is 19.4. The van der Waals surface area contributed by atoms with Crippen molar-refractivity contribution >= 4 is 11.6 Å². The van der Waals surface area contributed by atoms with Crippen molar-refractivity contribution in [3.63, 3.8) is 0 Å². The maximum Gasteiger partial charge on any atom is 0.122 e. The number of ether oxygens (including phenoxy) is 1. The summed E-state index contributed by atoms with van der Waals surface area (Å²) in [6, 6.07) is 5.99. The number of nitrogens with one attached hydrogen (secondary N) is 1. The second-order valence-corrected chi connectivity index (χ2v) is 6.65.